The van der Waals surface area contributed by atoms with Crippen molar-refractivity contribution in [2.24, 2.45) is 0 Å². The van der Waals surface area contributed by atoms with Gasteiger partial charge in [0.2, 0.25) is 0 Å². The molecule has 0 aromatic heterocycles. The van der Waals surface area contributed by atoms with Crippen LogP contribution in [0.25, 0.3) is 0 Å². The Balaban J connectivity index is 1.51. The second-order valence-corrected chi connectivity index (χ2v) is 6.69. The summed E-state index contributed by atoms with van der Waals surface area (Å²) in [6.07, 6.45) is 0. The Bertz CT molecular complexity index is 737. The molecule has 2 N–H and O–H groups in total. The van der Waals surface area contributed by atoms with E-state index >= 15 is 0 Å². The number of rotatable bonds is 4. The Morgan fingerprint density at radius 2 is 1.80 bits per heavy atom. The minimum atomic E-state index is -0.212. The molecule has 0 aliphatic carbocycles. The number of quaternary nitrogens is 1. The van der Waals surface area contributed by atoms with Gasteiger partial charge in [-0.1, -0.05) is 12.1 Å². The molecule has 1 aliphatic rings. The molecule has 25 heavy (non-hydrogen) atoms. The van der Waals surface area contributed by atoms with Gasteiger partial charge in [-0.25, -0.2) is 4.39 Å². The number of anilines is 2. The molecule has 3 rings (SSSR count). The van der Waals surface area contributed by atoms with Gasteiger partial charge in [0.1, 0.15) is 5.82 Å². The zero-order valence-electron chi connectivity index (χ0n) is 14.8. The van der Waals surface area contributed by atoms with Crippen molar-refractivity contribution in [1.29, 1.82) is 0 Å². The molecule has 5 heteroatoms. The topological polar surface area (TPSA) is 36.8 Å². The zero-order chi connectivity index (χ0) is 17.8. The number of hydrogen-bond acceptors (Lipinski definition) is 2. The lowest BCUT2D eigenvalue weighted by atomic mass is 10.1. The number of piperazine rings is 1. The minimum absolute atomic E-state index is 0.0546. The van der Waals surface area contributed by atoms with Crippen LogP contribution in [0.15, 0.2) is 42.5 Å². The second-order valence-electron chi connectivity index (χ2n) is 6.69. The number of amides is 1. The first kappa shape index (κ1) is 17.4. The molecule has 0 radical (unpaired) electrons. The standard InChI is InChI=1S/C20H24FN3O/c1-15-4-3-5-19(16(15)2)22-20(25)14-23-10-12-24(13-11-23)18-8-6-17(21)7-9-18/h3-9H,10-14H2,1-2H3,(H,22,25)/p+1. The molecule has 0 bridgehead atoms. The number of benzene rings is 2. The monoisotopic (exact) mass is 342 g/mol. The van der Waals surface area contributed by atoms with Gasteiger partial charge in [0.05, 0.1) is 26.2 Å². The van der Waals surface area contributed by atoms with Crippen LogP contribution in [0.2, 0.25) is 0 Å². The van der Waals surface area contributed by atoms with E-state index in [0.29, 0.717) is 6.54 Å². The van der Waals surface area contributed by atoms with Crippen LogP contribution in [0.1, 0.15) is 11.1 Å². The molecule has 1 saturated heterocycles. The van der Waals surface area contributed by atoms with E-state index in [9.17, 15) is 9.18 Å². The van der Waals surface area contributed by atoms with E-state index in [1.165, 1.54) is 22.6 Å². The van der Waals surface area contributed by atoms with Crippen LogP contribution in [0, 0.1) is 19.7 Å². The van der Waals surface area contributed by atoms with Crippen molar-refractivity contribution in [3.05, 3.63) is 59.4 Å². The number of carbonyl (C=O) groups excluding carboxylic acids is 1. The zero-order valence-corrected chi connectivity index (χ0v) is 14.8. The first-order valence-electron chi connectivity index (χ1n) is 8.73. The highest BCUT2D eigenvalue weighted by atomic mass is 19.1. The number of hydrogen-bond donors (Lipinski definition) is 2. The van der Waals surface area contributed by atoms with Gasteiger partial charge in [0.15, 0.2) is 6.54 Å². The molecular weight excluding hydrogens is 317 g/mol. The first-order chi connectivity index (χ1) is 12.0. The highest BCUT2D eigenvalue weighted by molar-refractivity contribution is 5.92. The average molecular weight is 342 g/mol. The molecule has 1 amide bonds. The Morgan fingerprint density at radius 1 is 1.12 bits per heavy atom. The summed E-state index contributed by atoms with van der Waals surface area (Å²) in [6.45, 7) is 8.10. The molecule has 1 heterocycles. The summed E-state index contributed by atoms with van der Waals surface area (Å²) in [5.74, 6) is -0.157. The predicted octanol–water partition coefficient (Wildman–Crippen LogP) is 1.79. The van der Waals surface area contributed by atoms with Crippen molar-refractivity contribution in [3.8, 4) is 0 Å². The summed E-state index contributed by atoms with van der Waals surface area (Å²) in [5, 5.41) is 3.03. The molecule has 1 fully saturated rings. The van der Waals surface area contributed by atoms with E-state index in [4.69, 9.17) is 0 Å². The lowest BCUT2D eigenvalue weighted by molar-refractivity contribution is -0.892. The lowest BCUT2D eigenvalue weighted by Gasteiger charge is -2.33. The third kappa shape index (κ3) is 4.37. The highest BCUT2D eigenvalue weighted by Crippen LogP contribution is 2.17. The fraction of sp³-hybridized carbons (Fsp3) is 0.350. The van der Waals surface area contributed by atoms with Crippen molar-refractivity contribution in [2.45, 2.75) is 13.8 Å². The van der Waals surface area contributed by atoms with Gasteiger partial charge in [-0.15, -0.1) is 0 Å². The van der Waals surface area contributed by atoms with Crippen molar-refractivity contribution in [3.63, 3.8) is 0 Å². The molecule has 2 aromatic carbocycles. The summed E-state index contributed by atoms with van der Waals surface area (Å²) in [5.41, 5.74) is 4.24. The summed E-state index contributed by atoms with van der Waals surface area (Å²) in [4.78, 5) is 15.9. The lowest BCUT2D eigenvalue weighted by Crippen LogP contribution is -3.15. The number of halogens is 1. The quantitative estimate of drug-likeness (QED) is 0.889. The fourth-order valence-corrected chi connectivity index (χ4v) is 3.22. The Kier molecular flexibility index (Phi) is 5.34. The van der Waals surface area contributed by atoms with Crippen LogP contribution in [0.5, 0.6) is 0 Å². The van der Waals surface area contributed by atoms with Gasteiger partial charge >= 0.3 is 0 Å². The molecule has 2 aromatic rings. The smallest absolute Gasteiger partial charge is 0.279 e. The summed E-state index contributed by atoms with van der Waals surface area (Å²) in [6, 6.07) is 12.6. The van der Waals surface area contributed by atoms with Crippen LogP contribution in [0.4, 0.5) is 15.8 Å². The predicted molar refractivity (Wildman–Crippen MR) is 98.7 cm³/mol. The number of aryl methyl sites for hydroxylation is 1. The maximum Gasteiger partial charge on any atom is 0.279 e. The second kappa shape index (κ2) is 7.66. The number of nitrogens with one attached hydrogen (secondary N) is 2. The number of carbonyl (C=O) groups is 1. The minimum Gasteiger partial charge on any atom is -0.360 e. The van der Waals surface area contributed by atoms with Crippen LogP contribution in [-0.4, -0.2) is 38.6 Å². The molecule has 0 spiro atoms. The average Bonchev–Trinajstić information content (AvgIpc) is 2.60. The number of nitrogens with zero attached hydrogens (tertiary/aromatic N) is 1. The van der Waals surface area contributed by atoms with Gasteiger partial charge in [-0.3, -0.25) is 4.79 Å². The van der Waals surface area contributed by atoms with Crippen LogP contribution in [0.3, 0.4) is 0 Å². The molecule has 0 saturated carbocycles. The van der Waals surface area contributed by atoms with Gasteiger partial charge in [-0.05, 0) is 55.3 Å². The Labute approximate surface area is 148 Å². The summed E-state index contributed by atoms with van der Waals surface area (Å²) in [7, 11) is 0. The molecule has 132 valence electrons. The maximum atomic E-state index is 13.0. The van der Waals surface area contributed by atoms with E-state index in [1.54, 1.807) is 0 Å². The van der Waals surface area contributed by atoms with Crippen molar-refractivity contribution >= 4 is 17.3 Å². The maximum absolute atomic E-state index is 13.0. The fourth-order valence-electron chi connectivity index (χ4n) is 3.22. The van der Waals surface area contributed by atoms with Gasteiger partial charge in [0, 0.05) is 11.4 Å². The summed E-state index contributed by atoms with van der Waals surface area (Å²) >= 11 is 0. The molecule has 4 nitrogen and oxygen atoms in total. The van der Waals surface area contributed by atoms with Gasteiger partial charge in [0.25, 0.3) is 5.91 Å². The van der Waals surface area contributed by atoms with Crippen LogP contribution < -0.4 is 15.1 Å². The van der Waals surface area contributed by atoms with E-state index in [-0.39, 0.29) is 11.7 Å². The van der Waals surface area contributed by atoms with Crippen molar-refractivity contribution in [2.75, 3.05) is 42.9 Å². The molecule has 0 unspecified atom stereocenters. The van der Waals surface area contributed by atoms with E-state index in [0.717, 1.165) is 43.1 Å². The van der Waals surface area contributed by atoms with E-state index < -0.39 is 0 Å². The normalized spacial score (nSPS) is 15.2. The summed E-state index contributed by atoms with van der Waals surface area (Å²) < 4.78 is 13.0. The Morgan fingerprint density at radius 3 is 2.48 bits per heavy atom. The van der Waals surface area contributed by atoms with Crippen molar-refractivity contribution in [1.82, 2.24) is 0 Å². The van der Waals surface area contributed by atoms with Crippen molar-refractivity contribution < 1.29 is 14.1 Å². The molecule has 0 atom stereocenters. The molecule has 1 aliphatic heterocycles. The Hall–Kier alpha value is -2.40. The third-order valence-electron chi connectivity index (χ3n) is 4.95. The van der Waals surface area contributed by atoms with Crippen LogP contribution in [-0.2, 0) is 4.79 Å². The van der Waals surface area contributed by atoms with Gasteiger partial charge in [-0.2, -0.15) is 0 Å². The largest absolute Gasteiger partial charge is 0.360 e. The molecular formula is C20H25FN3O+. The van der Waals surface area contributed by atoms with E-state index in [2.05, 4.69) is 10.2 Å². The third-order valence-corrected chi connectivity index (χ3v) is 4.95. The first-order valence-corrected chi connectivity index (χ1v) is 8.73. The highest BCUT2D eigenvalue weighted by Gasteiger charge is 2.22. The van der Waals surface area contributed by atoms with E-state index in [1.807, 2.05) is 44.2 Å². The van der Waals surface area contributed by atoms with Crippen LogP contribution >= 0.6 is 0 Å². The van der Waals surface area contributed by atoms with Gasteiger partial charge < -0.3 is 15.1 Å². The SMILES string of the molecule is Cc1cccc(NC(=O)C[NH+]2CCN(c3ccc(F)cc3)CC2)c1C.